The van der Waals surface area contributed by atoms with Gasteiger partial charge in [-0.1, -0.05) is 35.3 Å². The molecule has 0 heterocycles. The van der Waals surface area contributed by atoms with Crippen LogP contribution < -0.4 is 0 Å². The lowest BCUT2D eigenvalue weighted by Gasteiger charge is -2.18. The van der Waals surface area contributed by atoms with Crippen LogP contribution in [0.3, 0.4) is 0 Å². The summed E-state index contributed by atoms with van der Waals surface area (Å²) in [6.45, 7) is -0.651. The molecule has 0 aliphatic carbocycles. The van der Waals surface area contributed by atoms with Crippen LogP contribution in [0.1, 0.15) is 5.56 Å². The van der Waals surface area contributed by atoms with Crippen LogP contribution in [0.25, 0.3) is 0 Å². The molecule has 0 atom stereocenters. The van der Waals surface area contributed by atoms with E-state index < -0.39 is 11.9 Å². The van der Waals surface area contributed by atoms with Gasteiger partial charge < -0.3 is 10.2 Å². The van der Waals surface area contributed by atoms with Crippen molar-refractivity contribution < 1.29 is 19.8 Å². The van der Waals surface area contributed by atoms with Crippen molar-refractivity contribution in [2.75, 3.05) is 13.1 Å². The second-order valence-electron chi connectivity index (χ2n) is 3.65. The molecule has 1 aromatic rings. The molecule has 1 aromatic carbocycles. The Kier molecular flexibility index (Phi) is 5.40. The van der Waals surface area contributed by atoms with Crippen LogP contribution in [0.4, 0.5) is 0 Å². The van der Waals surface area contributed by atoms with E-state index in [4.69, 9.17) is 33.4 Å². The molecule has 0 aliphatic heterocycles. The SMILES string of the molecule is O=C(O)CN(CC(=O)O)Cc1cccc(Cl)c1Cl. The average Bonchev–Trinajstić information content (AvgIpc) is 2.23. The lowest BCUT2D eigenvalue weighted by molar-refractivity contribution is -0.142. The van der Waals surface area contributed by atoms with Crippen molar-refractivity contribution in [3.63, 3.8) is 0 Å². The molecule has 0 amide bonds. The minimum Gasteiger partial charge on any atom is -0.480 e. The van der Waals surface area contributed by atoms with Crippen molar-refractivity contribution >= 4 is 35.1 Å². The fourth-order valence-electron chi connectivity index (χ4n) is 1.46. The highest BCUT2D eigenvalue weighted by atomic mass is 35.5. The van der Waals surface area contributed by atoms with E-state index in [1.54, 1.807) is 18.2 Å². The summed E-state index contributed by atoms with van der Waals surface area (Å²) in [5.74, 6) is -2.20. The molecule has 0 saturated carbocycles. The number of halogens is 2. The van der Waals surface area contributed by atoms with Gasteiger partial charge in [0.05, 0.1) is 23.1 Å². The van der Waals surface area contributed by atoms with E-state index >= 15 is 0 Å². The van der Waals surface area contributed by atoms with Crippen LogP contribution in [0.5, 0.6) is 0 Å². The van der Waals surface area contributed by atoms with Crippen LogP contribution in [-0.2, 0) is 16.1 Å². The molecule has 18 heavy (non-hydrogen) atoms. The number of carboxylic acid groups (broad SMARTS) is 2. The highest BCUT2D eigenvalue weighted by Gasteiger charge is 2.15. The van der Waals surface area contributed by atoms with E-state index in [9.17, 15) is 9.59 Å². The van der Waals surface area contributed by atoms with E-state index in [0.29, 0.717) is 15.6 Å². The Bertz CT molecular complexity index is 448. The minimum atomic E-state index is -1.10. The average molecular weight is 292 g/mol. The molecule has 0 bridgehead atoms. The topological polar surface area (TPSA) is 77.8 Å². The summed E-state index contributed by atoms with van der Waals surface area (Å²) in [5.41, 5.74) is 0.590. The second-order valence-corrected chi connectivity index (χ2v) is 4.43. The van der Waals surface area contributed by atoms with Crippen LogP contribution in [0.2, 0.25) is 10.0 Å². The van der Waals surface area contributed by atoms with E-state index in [1.807, 2.05) is 0 Å². The molecule has 1 rings (SSSR count). The van der Waals surface area contributed by atoms with Crippen molar-refractivity contribution in [1.29, 1.82) is 0 Å². The number of hydrogen-bond acceptors (Lipinski definition) is 3. The van der Waals surface area contributed by atoms with Gasteiger partial charge in [-0.05, 0) is 11.6 Å². The molecule has 0 saturated heterocycles. The number of nitrogens with zero attached hydrogens (tertiary/aromatic N) is 1. The smallest absolute Gasteiger partial charge is 0.317 e. The summed E-state index contributed by atoms with van der Waals surface area (Å²) in [4.78, 5) is 22.5. The first-order valence-electron chi connectivity index (χ1n) is 4.99. The predicted molar refractivity (Wildman–Crippen MR) is 67.0 cm³/mol. The normalized spacial score (nSPS) is 10.6. The zero-order valence-corrected chi connectivity index (χ0v) is 10.8. The van der Waals surface area contributed by atoms with E-state index in [1.165, 1.54) is 4.90 Å². The van der Waals surface area contributed by atoms with Crippen molar-refractivity contribution in [3.8, 4) is 0 Å². The summed E-state index contributed by atoms with van der Waals surface area (Å²) >= 11 is 11.8. The predicted octanol–water partition coefficient (Wildman–Crippen LogP) is 1.96. The van der Waals surface area contributed by atoms with Gasteiger partial charge in [0.2, 0.25) is 0 Å². The Morgan fingerprint density at radius 3 is 2.17 bits per heavy atom. The third kappa shape index (κ3) is 4.52. The van der Waals surface area contributed by atoms with E-state index in [0.717, 1.165) is 0 Å². The molecule has 5 nitrogen and oxygen atoms in total. The fourth-order valence-corrected chi connectivity index (χ4v) is 1.84. The highest BCUT2D eigenvalue weighted by Crippen LogP contribution is 2.26. The largest absolute Gasteiger partial charge is 0.480 e. The molecule has 2 N–H and O–H groups in total. The lowest BCUT2D eigenvalue weighted by Crippen LogP contribution is -2.34. The summed E-state index contributed by atoms with van der Waals surface area (Å²) in [7, 11) is 0. The van der Waals surface area contributed by atoms with Crippen molar-refractivity contribution in [2.45, 2.75) is 6.54 Å². The number of carbonyl (C=O) groups is 2. The standard InChI is InChI=1S/C11H11Cl2NO4/c12-8-3-1-2-7(11(8)13)4-14(5-9(15)16)6-10(17)18/h1-3H,4-6H2,(H,15,16)(H,17,18). The maximum Gasteiger partial charge on any atom is 0.317 e. The first kappa shape index (κ1) is 14.8. The first-order valence-corrected chi connectivity index (χ1v) is 5.74. The number of rotatable bonds is 6. The lowest BCUT2D eigenvalue weighted by atomic mass is 10.2. The van der Waals surface area contributed by atoms with Crippen LogP contribution in [-0.4, -0.2) is 40.1 Å². The van der Waals surface area contributed by atoms with Crippen molar-refractivity contribution in [2.24, 2.45) is 0 Å². The molecule has 7 heteroatoms. The fraction of sp³-hybridized carbons (Fsp3) is 0.273. The maximum atomic E-state index is 10.6. The summed E-state index contributed by atoms with van der Waals surface area (Å²) < 4.78 is 0. The summed E-state index contributed by atoms with van der Waals surface area (Å²) in [6.07, 6.45) is 0. The quantitative estimate of drug-likeness (QED) is 0.838. The van der Waals surface area contributed by atoms with E-state index in [2.05, 4.69) is 0 Å². The molecule has 98 valence electrons. The zero-order chi connectivity index (χ0) is 13.7. The Hall–Kier alpha value is -1.30. The summed E-state index contributed by atoms with van der Waals surface area (Å²) in [5, 5.41) is 18.1. The van der Waals surface area contributed by atoms with Crippen LogP contribution in [0, 0.1) is 0 Å². The van der Waals surface area contributed by atoms with Gasteiger partial charge in [0.1, 0.15) is 0 Å². The van der Waals surface area contributed by atoms with Crippen molar-refractivity contribution in [3.05, 3.63) is 33.8 Å². The third-order valence-corrected chi connectivity index (χ3v) is 3.00. The van der Waals surface area contributed by atoms with Gasteiger partial charge in [0.15, 0.2) is 0 Å². The summed E-state index contributed by atoms with van der Waals surface area (Å²) in [6, 6.07) is 4.94. The second kappa shape index (κ2) is 6.58. The van der Waals surface area contributed by atoms with Crippen LogP contribution >= 0.6 is 23.2 Å². The molecule has 0 aliphatic rings. The Labute approximate surface area is 114 Å². The van der Waals surface area contributed by atoms with Crippen molar-refractivity contribution in [1.82, 2.24) is 4.90 Å². The molecule has 0 radical (unpaired) electrons. The van der Waals surface area contributed by atoms with Gasteiger partial charge in [-0.15, -0.1) is 0 Å². The van der Waals surface area contributed by atoms with Crippen LogP contribution in [0.15, 0.2) is 18.2 Å². The molecular formula is C11H11Cl2NO4. The molecule has 0 spiro atoms. The number of hydrogen-bond donors (Lipinski definition) is 2. The van der Waals surface area contributed by atoms with Gasteiger partial charge in [-0.2, -0.15) is 0 Å². The number of carboxylic acids is 2. The molecule has 0 unspecified atom stereocenters. The molecule has 0 aromatic heterocycles. The third-order valence-electron chi connectivity index (χ3n) is 2.14. The number of aliphatic carboxylic acids is 2. The van der Waals surface area contributed by atoms with Gasteiger partial charge in [0.25, 0.3) is 0 Å². The van der Waals surface area contributed by atoms with Gasteiger partial charge in [0, 0.05) is 6.54 Å². The zero-order valence-electron chi connectivity index (χ0n) is 9.27. The Morgan fingerprint density at radius 1 is 1.11 bits per heavy atom. The Morgan fingerprint density at radius 2 is 1.67 bits per heavy atom. The van der Waals surface area contributed by atoms with Gasteiger partial charge in [-0.25, -0.2) is 0 Å². The van der Waals surface area contributed by atoms with Gasteiger partial charge in [-0.3, -0.25) is 14.5 Å². The van der Waals surface area contributed by atoms with E-state index in [-0.39, 0.29) is 19.6 Å². The Balaban J connectivity index is 2.84. The minimum absolute atomic E-state index is 0.109. The maximum absolute atomic E-state index is 10.6. The molecule has 0 fully saturated rings. The molecular weight excluding hydrogens is 281 g/mol. The first-order chi connectivity index (χ1) is 8.40. The van der Waals surface area contributed by atoms with Gasteiger partial charge >= 0.3 is 11.9 Å². The highest BCUT2D eigenvalue weighted by molar-refractivity contribution is 6.42. The monoisotopic (exact) mass is 291 g/mol. The number of benzene rings is 1.